The largest absolute Gasteiger partial charge is 0.325 e. The van der Waals surface area contributed by atoms with Gasteiger partial charge in [0.05, 0.1) is 17.8 Å². The van der Waals surface area contributed by atoms with Crippen molar-refractivity contribution in [1.29, 1.82) is 0 Å². The number of amides is 1. The third-order valence-corrected chi connectivity index (χ3v) is 3.70. The Morgan fingerprint density at radius 3 is 2.61 bits per heavy atom. The maximum absolute atomic E-state index is 13.1. The van der Waals surface area contributed by atoms with E-state index >= 15 is 0 Å². The van der Waals surface area contributed by atoms with Crippen LogP contribution in [0.3, 0.4) is 0 Å². The Morgan fingerprint density at radius 1 is 1.50 bits per heavy atom. The molecule has 0 spiro atoms. The Balaban J connectivity index is 2.68. The van der Waals surface area contributed by atoms with Gasteiger partial charge < -0.3 is 5.32 Å². The van der Waals surface area contributed by atoms with Crippen molar-refractivity contribution in [3.63, 3.8) is 0 Å². The van der Waals surface area contributed by atoms with Crippen LogP contribution in [0.25, 0.3) is 0 Å². The SMILES string of the molecule is CN(CC(=O)Nc1ccc(Cl)c(F)c1)S(C)(=O)=O. The van der Waals surface area contributed by atoms with Crippen LogP contribution < -0.4 is 5.32 Å². The number of nitrogens with zero attached hydrogens (tertiary/aromatic N) is 1. The van der Waals surface area contributed by atoms with Crippen LogP contribution in [0.1, 0.15) is 0 Å². The Kier molecular flexibility index (Phi) is 4.66. The highest BCUT2D eigenvalue weighted by atomic mass is 35.5. The molecule has 0 aliphatic carbocycles. The van der Waals surface area contributed by atoms with Gasteiger partial charge in [0.15, 0.2) is 0 Å². The minimum absolute atomic E-state index is 0.0544. The van der Waals surface area contributed by atoms with E-state index in [1.165, 1.54) is 19.2 Å². The van der Waals surface area contributed by atoms with E-state index in [-0.39, 0.29) is 17.3 Å². The molecule has 0 bridgehead atoms. The van der Waals surface area contributed by atoms with E-state index in [4.69, 9.17) is 11.6 Å². The van der Waals surface area contributed by atoms with Gasteiger partial charge in [0.2, 0.25) is 15.9 Å². The van der Waals surface area contributed by atoms with Crippen LogP contribution >= 0.6 is 11.6 Å². The summed E-state index contributed by atoms with van der Waals surface area (Å²) in [6.45, 7) is -0.344. The molecular weight excluding hydrogens is 283 g/mol. The highest BCUT2D eigenvalue weighted by Crippen LogP contribution is 2.18. The molecule has 1 rings (SSSR count). The molecule has 0 radical (unpaired) electrons. The first-order chi connectivity index (χ1) is 8.20. The molecule has 0 aliphatic heterocycles. The van der Waals surface area contributed by atoms with Gasteiger partial charge >= 0.3 is 0 Å². The lowest BCUT2D eigenvalue weighted by atomic mass is 10.3. The van der Waals surface area contributed by atoms with Gasteiger partial charge in [-0.2, -0.15) is 4.31 Å². The smallest absolute Gasteiger partial charge is 0.239 e. The van der Waals surface area contributed by atoms with E-state index in [2.05, 4.69) is 5.32 Å². The fourth-order valence-electron chi connectivity index (χ4n) is 1.09. The molecule has 5 nitrogen and oxygen atoms in total. The van der Waals surface area contributed by atoms with E-state index in [0.29, 0.717) is 0 Å². The lowest BCUT2D eigenvalue weighted by Gasteiger charge is -2.13. The lowest BCUT2D eigenvalue weighted by molar-refractivity contribution is -0.116. The third-order valence-electron chi connectivity index (χ3n) is 2.14. The average molecular weight is 295 g/mol. The number of hydrogen-bond acceptors (Lipinski definition) is 3. The molecule has 0 saturated carbocycles. The number of rotatable bonds is 4. The molecule has 1 amide bonds. The molecule has 1 aromatic rings. The molecule has 0 atom stereocenters. The number of nitrogens with one attached hydrogen (secondary N) is 1. The first-order valence-electron chi connectivity index (χ1n) is 4.86. The molecular formula is C10H12ClFN2O3S. The number of sulfonamides is 1. The summed E-state index contributed by atoms with van der Waals surface area (Å²) < 4.78 is 36.1. The van der Waals surface area contributed by atoms with Gasteiger partial charge in [-0.05, 0) is 18.2 Å². The fraction of sp³-hybridized carbons (Fsp3) is 0.300. The predicted molar refractivity (Wildman–Crippen MR) is 67.5 cm³/mol. The molecule has 1 aromatic carbocycles. The topological polar surface area (TPSA) is 66.5 Å². The first kappa shape index (κ1) is 14.9. The van der Waals surface area contributed by atoms with E-state index in [0.717, 1.165) is 16.6 Å². The highest BCUT2D eigenvalue weighted by Gasteiger charge is 2.15. The van der Waals surface area contributed by atoms with Gasteiger partial charge in [0.25, 0.3) is 0 Å². The maximum Gasteiger partial charge on any atom is 0.239 e. The molecule has 0 aliphatic rings. The zero-order valence-electron chi connectivity index (χ0n) is 9.78. The molecule has 8 heteroatoms. The van der Waals surface area contributed by atoms with Crippen molar-refractivity contribution in [3.05, 3.63) is 29.0 Å². The molecule has 1 N–H and O–H groups in total. The van der Waals surface area contributed by atoms with Crippen molar-refractivity contribution in [2.75, 3.05) is 25.2 Å². The van der Waals surface area contributed by atoms with Crippen LogP contribution in [-0.4, -0.2) is 38.5 Å². The first-order valence-corrected chi connectivity index (χ1v) is 7.09. The Morgan fingerprint density at radius 2 is 2.11 bits per heavy atom. The van der Waals surface area contributed by atoms with Crippen LogP contribution in [0.4, 0.5) is 10.1 Å². The van der Waals surface area contributed by atoms with Crippen LogP contribution in [-0.2, 0) is 14.8 Å². The van der Waals surface area contributed by atoms with Crippen molar-refractivity contribution < 1.29 is 17.6 Å². The van der Waals surface area contributed by atoms with Crippen LogP contribution in [0.5, 0.6) is 0 Å². The number of carbonyl (C=O) groups is 1. The number of hydrogen-bond donors (Lipinski definition) is 1. The summed E-state index contributed by atoms with van der Waals surface area (Å²) in [5.41, 5.74) is 0.212. The van der Waals surface area contributed by atoms with Crippen LogP contribution in [0, 0.1) is 5.82 Å². The van der Waals surface area contributed by atoms with Crippen molar-refractivity contribution in [1.82, 2.24) is 4.31 Å². The van der Waals surface area contributed by atoms with Crippen molar-refractivity contribution in [3.8, 4) is 0 Å². The molecule has 0 saturated heterocycles. The third kappa shape index (κ3) is 4.25. The molecule has 0 heterocycles. The van der Waals surface area contributed by atoms with Gasteiger partial charge in [-0.25, -0.2) is 12.8 Å². The summed E-state index contributed by atoms with van der Waals surface area (Å²) in [5.74, 6) is -1.23. The number of anilines is 1. The normalized spacial score (nSPS) is 11.6. The van der Waals surface area contributed by atoms with Gasteiger partial charge in [-0.15, -0.1) is 0 Å². The second-order valence-corrected chi connectivity index (χ2v) is 6.19. The molecule has 18 heavy (non-hydrogen) atoms. The monoisotopic (exact) mass is 294 g/mol. The molecule has 100 valence electrons. The standard InChI is InChI=1S/C10H12ClFN2O3S/c1-14(18(2,16)17)6-10(15)13-7-3-4-8(11)9(12)5-7/h3-5H,6H2,1-2H3,(H,13,15). The molecule has 0 fully saturated rings. The highest BCUT2D eigenvalue weighted by molar-refractivity contribution is 7.88. The number of likely N-dealkylation sites (N-methyl/N-ethyl adjacent to an activating group) is 1. The van der Waals surface area contributed by atoms with Gasteiger partial charge in [0, 0.05) is 12.7 Å². The van der Waals surface area contributed by atoms with E-state index in [9.17, 15) is 17.6 Å². The Hall–Kier alpha value is -1.18. The summed E-state index contributed by atoms with van der Waals surface area (Å²) in [5, 5.41) is 2.31. The minimum atomic E-state index is -3.43. The number of halogens is 2. The van der Waals surface area contributed by atoms with Crippen molar-refractivity contribution in [2.24, 2.45) is 0 Å². The number of benzene rings is 1. The zero-order valence-corrected chi connectivity index (χ0v) is 11.3. The van der Waals surface area contributed by atoms with Crippen molar-refractivity contribution >= 4 is 33.2 Å². The summed E-state index contributed by atoms with van der Waals surface area (Å²) in [4.78, 5) is 11.5. The van der Waals surface area contributed by atoms with Crippen molar-refractivity contribution in [2.45, 2.75) is 0 Å². The fourth-order valence-corrected chi connectivity index (χ4v) is 1.56. The summed E-state index contributed by atoms with van der Waals surface area (Å²) in [6, 6.07) is 3.78. The van der Waals surface area contributed by atoms with Gasteiger partial charge in [-0.3, -0.25) is 4.79 Å². The van der Waals surface area contributed by atoms with Gasteiger partial charge in [-0.1, -0.05) is 11.6 Å². The lowest BCUT2D eigenvalue weighted by Crippen LogP contribution is -2.34. The Bertz CT molecular complexity index is 562. The zero-order chi connectivity index (χ0) is 13.9. The van der Waals surface area contributed by atoms with E-state index in [1.54, 1.807) is 0 Å². The molecule has 0 unspecified atom stereocenters. The van der Waals surface area contributed by atoms with Gasteiger partial charge in [0.1, 0.15) is 5.82 Å². The van der Waals surface area contributed by atoms with E-state index in [1.807, 2.05) is 0 Å². The maximum atomic E-state index is 13.1. The summed E-state index contributed by atoms with van der Waals surface area (Å²) in [7, 11) is -2.15. The second-order valence-electron chi connectivity index (χ2n) is 3.70. The van der Waals surface area contributed by atoms with Crippen LogP contribution in [0.2, 0.25) is 5.02 Å². The number of carbonyl (C=O) groups excluding carboxylic acids is 1. The van der Waals surface area contributed by atoms with Crippen LogP contribution in [0.15, 0.2) is 18.2 Å². The minimum Gasteiger partial charge on any atom is -0.325 e. The quantitative estimate of drug-likeness (QED) is 0.910. The predicted octanol–water partition coefficient (Wildman–Crippen LogP) is 1.31. The summed E-state index contributed by atoms with van der Waals surface area (Å²) in [6.07, 6.45) is 0.988. The molecule has 0 aromatic heterocycles. The average Bonchev–Trinajstić information content (AvgIpc) is 2.22. The van der Waals surface area contributed by atoms with E-state index < -0.39 is 21.7 Å². The summed E-state index contributed by atoms with van der Waals surface area (Å²) >= 11 is 5.49. The Labute approximate surface area is 110 Å². The second kappa shape index (κ2) is 5.64.